The van der Waals surface area contributed by atoms with Crippen LogP contribution in [-0.4, -0.2) is 17.2 Å². The highest BCUT2D eigenvalue weighted by Crippen LogP contribution is 2.43. The minimum Gasteiger partial charge on any atom is -0.315 e. The van der Waals surface area contributed by atoms with Crippen LogP contribution < -0.4 is 0 Å². The maximum Gasteiger partial charge on any atom is 0.106 e. The number of aromatic nitrogens is 1. The molecule has 3 aromatic rings. The Morgan fingerprint density at radius 1 is 1.08 bits per heavy atom. The number of aryl methyl sites for hydroxylation is 1. The number of fused-ring (bicyclic) bond motifs is 1. The van der Waals surface area contributed by atoms with Crippen molar-refractivity contribution in [2.45, 2.75) is 54.9 Å². The van der Waals surface area contributed by atoms with E-state index in [1.165, 1.54) is 33.2 Å². The molecule has 1 unspecified atom stereocenters. The van der Waals surface area contributed by atoms with Crippen molar-refractivity contribution in [2.75, 3.05) is 12.8 Å². The lowest BCUT2D eigenvalue weighted by Gasteiger charge is -2.15. The summed E-state index contributed by atoms with van der Waals surface area (Å²) in [6.07, 6.45) is 2.13. The average Bonchev–Trinajstić information content (AvgIpc) is 3.23. The molecule has 0 aliphatic rings. The van der Waals surface area contributed by atoms with Crippen LogP contribution in [0.15, 0.2) is 29.6 Å². The predicted octanol–water partition coefficient (Wildman–Crippen LogP) is 8.51. The Morgan fingerprint density at radius 3 is 2.35 bits per heavy atom. The zero-order valence-corrected chi connectivity index (χ0v) is 19.9. The van der Waals surface area contributed by atoms with Crippen LogP contribution >= 0.6 is 31.0 Å². The highest BCUT2D eigenvalue weighted by Gasteiger charge is 2.19. The van der Waals surface area contributed by atoms with Gasteiger partial charge in [-0.1, -0.05) is 64.4 Å². The molecule has 26 heavy (non-hydrogen) atoms. The lowest BCUT2D eigenvalue weighted by atomic mass is 10.0. The molecule has 0 aliphatic carbocycles. The highest BCUT2D eigenvalue weighted by molar-refractivity contribution is 7.55. The van der Waals surface area contributed by atoms with Gasteiger partial charge in [0, 0.05) is 22.5 Å². The number of thiophene rings is 1. The standard InChI is InChI=1S/C18H21ClNPS.2C2H6/c1-5-21(4)20-13(3)16(15-9-10-22-18(15)20)11-14-8-6-7-12(2)17(14)19;2*1-2/h6-10H,5,11H2,1-4H3;2*1-2H3. The molecule has 0 saturated heterocycles. The van der Waals surface area contributed by atoms with Crippen molar-refractivity contribution >= 4 is 41.2 Å². The van der Waals surface area contributed by atoms with Crippen molar-refractivity contribution in [3.05, 3.63) is 57.1 Å². The fourth-order valence-corrected chi connectivity index (χ4v) is 5.95. The topological polar surface area (TPSA) is 4.93 Å². The quantitative estimate of drug-likeness (QED) is 0.380. The minimum absolute atomic E-state index is 0.142. The normalized spacial score (nSPS) is 11.4. The van der Waals surface area contributed by atoms with E-state index in [1.807, 2.05) is 39.0 Å². The molecule has 0 aliphatic heterocycles. The van der Waals surface area contributed by atoms with E-state index in [0.717, 1.165) is 17.0 Å². The number of halogens is 1. The molecule has 0 amide bonds. The molecule has 144 valence electrons. The van der Waals surface area contributed by atoms with Gasteiger partial charge in [-0.25, -0.2) is 0 Å². The van der Waals surface area contributed by atoms with Gasteiger partial charge in [0.1, 0.15) is 4.83 Å². The number of rotatable bonds is 4. The van der Waals surface area contributed by atoms with Gasteiger partial charge in [-0.2, -0.15) is 0 Å². The van der Waals surface area contributed by atoms with Gasteiger partial charge in [-0.05, 0) is 62.9 Å². The third-order valence-electron chi connectivity index (χ3n) is 4.35. The van der Waals surface area contributed by atoms with E-state index < -0.39 is 0 Å². The lowest BCUT2D eigenvalue weighted by Crippen LogP contribution is -1.97. The van der Waals surface area contributed by atoms with Crippen LogP contribution in [0.25, 0.3) is 10.2 Å². The maximum atomic E-state index is 6.52. The molecule has 2 aromatic heterocycles. The minimum atomic E-state index is -0.142. The molecule has 1 aromatic carbocycles. The van der Waals surface area contributed by atoms with E-state index in [2.05, 4.69) is 61.4 Å². The summed E-state index contributed by atoms with van der Waals surface area (Å²) in [5.41, 5.74) is 5.23. The van der Waals surface area contributed by atoms with Gasteiger partial charge in [-0.15, -0.1) is 11.3 Å². The van der Waals surface area contributed by atoms with E-state index in [9.17, 15) is 0 Å². The maximum absolute atomic E-state index is 6.52. The Kier molecular flexibility index (Phi) is 9.93. The van der Waals surface area contributed by atoms with Crippen molar-refractivity contribution in [1.82, 2.24) is 4.34 Å². The summed E-state index contributed by atoms with van der Waals surface area (Å²) in [5.74, 6) is 0. The van der Waals surface area contributed by atoms with Gasteiger partial charge in [0.2, 0.25) is 0 Å². The van der Waals surface area contributed by atoms with Gasteiger partial charge in [0.25, 0.3) is 0 Å². The van der Waals surface area contributed by atoms with Crippen LogP contribution in [0.3, 0.4) is 0 Å². The molecule has 0 spiro atoms. The molecule has 0 fully saturated rings. The highest BCUT2D eigenvalue weighted by atomic mass is 35.5. The average molecular weight is 410 g/mol. The van der Waals surface area contributed by atoms with E-state index in [1.54, 1.807) is 0 Å². The van der Waals surface area contributed by atoms with E-state index in [4.69, 9.17) is 11.6 Å². The number of hydrogen-bond acceptors (Lipinski definition) is 1. The first kappa shape index (κ1) is 23.2. The number of hydrogen-bond donors (Lipinski definition) is 0. The zero-order chi connectivity index (χ0) is 19.9. The molecular formula is C22H33ClNPS. The van der Waals surface area contributed by atoms with Gasteiger partial charge < -0.3 is 4.34 Å². The second-order valence-electron chi connectivity index (χ2n) is 5.71. The summed E-state index contributed by atoms with van der Waals surface area (Å²) in [6, 6.07) is 8.60. The lowest BCUT2D eigenvalue weighted by molar-refractivity contribution is 1.10. The number of benzene rings is 1. The van der Waals surface area contributed by atoms with Gasteiger partial charge in [0.15, 0.2) is 0 Å². The Hall–Kier alpha value is -0.820. The SMILES string of the molecule is CC.CC.CCP(C)n1c(C)c(Cc2cccc(C)c2Cl)c2ccsc21. The fourth-order valence-electron chi connectivity index (χ4n) is 2.98. The summed E-state index contributed by atoms with van der Waals surface area (Å²) in [7, 11) is -0.142. The van der Waals surface area contributed by atoms with Crippen LogP contribution in [0.2, 0.25) is 5.02 Å². The molecule has 0 radical (unpaired) electrons. The first-order valence-corrected chi connectivity index (χ1v) is 12.8. The smallest absolute Gasteiger partial charge is 0.106 e. The first-order valence-electron chi connectivity index (χ1n) is 9.57. The number of nitrogens with zero attached hydrogens (tertiary/aromatic N) is 1. The van der Waals surface area contributed by atoms with E-state index >= 15 is 0 Å². The second kappa shape index (κ2) is 11.1. The Balaban J connectivity index is 0.000000791. The Labute approximate surface area is 170 Å². The summed E-state index contributed by atoms with van der Waals surface area (Å²) in [5, 5.41) is 4.52. The molecule has 3 rings (SSSR count). The van der Waals surface area contributed by atoms with Gasteiger partial charge in [-0.3, -0.25) is 0 Å². The van der Waals surface area contributed by atoms with Crippen LogP contribution in [-0.2, 0) is 6.42 Å². The molecule has 4 heteroatoms. The molecular weight excluding hydrogens is 377 g/mol. The fraction of sp³-hybridized carbons (Fsp3) is 0.455. The first-order chi connectivity index (χ1) is 12.5. The molecule has 0 saturated carbocycles. The van der Waals surface area contributed by atoms with E-state index in [-0.39, 0.29) is 8.07 Å². The van der Waals surface area contributed by atoms with Crippen molar-refractivity contribution in [3.63, 3.8) is 0 Å². The van der Waals surface area contributed by atoms with E-state index in [0.29, 0.717) is 0 Å². The summed E-state index contributed by atoms with van der Waals surface area (Å²) < 4.78 is 2.56. The predicted molar refractivity (Wildman–Crippen MR) is 125 cm³/mol. The van der Waals surface area contributed by atoms with Gasteiger partial charge in [0.05, 0.1) is 0 Å². The third kappa shape index (κ3) is 4.71. The largest absolute Gasteiger partial charge is 0.315 e. The molecule has 1 nitrogen and oxygen atoms in total. The monoisotopic (exact) mass is 409 g/mol. The van der Waals surface area contributed by atoms with Gasteiger partial charge >= 0.3 is 0 Å². The molecule has 0 bridgehead atoms. The van der Waals surface area contributed by atoms with Crippen molar-refractivity contribution < 1.29 is 0 Å². The van der Waals surface area contributed by atoms with Crippen molar-refractivity contribution in [2.24, 2.45) is 0 Å². The third-order valence-corrected chi connectivity index (χ3v) is 8.03. The van der Waals surface area contributed by atoms with Crippen LogP contribution in [0.5, 0.6) is 0 Å². The molecule has 0 N–H and O–H groups in total. The zero-order valence-electron chi connectivity index (χ0n) is 17.5. The van der Waals surface area contributed by atoms with Crippen LogP contribution in [0.4, 0.5) is 0 Å². The summed E-state index contributed by atoms with van der Waals surface area (Å²) >= 11 is 8.37. The Bertz CT molecular complexity index is 819. The van der Waals surface area contributed by atoms with Crippen molar-refractivity contribution in [3.8, 4) is 0 Å². The summed E-state index contributed by atoms with van der Waals surface area (Å²) in [4.78, 5) is 1.42. The van der Waals surface area contributed by atoms with Crippen LogP contribution in [0, 0.1) is 13.8 Å². The molecule has 2 heterocycles. The Morgan fingerprint density at radius 2 is 1.73 bits per heavy atom. The van der Waals surface area contributed by atoms with Crippen LogP contribution in [0.1, 0.15) is 57.0 Å². The summed E-state index contributed by atoms with van der Waals surface area (Å²) in [6.45, 7) is 17.0. The molecule has 1 atom stereocenters. The second-order valence-corrected chi connectivity index (χ2v) is 9.33. The van der Waals surface area contributed by atoms with Crippen molar-refractivity contribution in [1.29, 1.82) is 0 Å².